The van der Waals surface area contributed by atoms with Gasteiger partial charge in [-0.15, -0.1) is 0 Å². The van der Waals surface area contributed by atoms with Gasteiger partial charge in [0.25, 0.3) is 5.56 Å². The monoisotopic (exact) mass is 392 g/mol. The van der Waals surface area contributed by atoms with Crippen molar-refractivity contribution in [3.8, 4) is 0 Å². The number of aryl methyl sites for hydroxylation is 1. The van der Waals surface area contributed by atoms with Crippen LogP contribution in [0.4, 0.5) is 4.39 Å². The minimum absolute atomic E-state index is 0.0746. The molecule has 0 saturated carbocycles. The van der Waals surface area contributed by atoms with Crippen LogP contribution in [-0.4, -0.2) is 26.6 Å². The minimum atomic E-state index is -0.278. The molecular weight excluding hydrogens is 371 g/mol. The molecule has 0 fully saturated rings. The average Bonchev–Trinajstić information content (AvgIpc) is 3.12. The Morgan fingerprint density at radius 1 is 1.07 bits per heavy atom. The summed E-state index contributed by atoms with van der Waals surface area (Å²) in [6.45, 7) is 1.45. The third kappa shape index (κ3) is 4.18. The van der Waals surface area contributed by atoms with Gasteiger partial charge in [0.15, 0.2) is 0 Å². The number of benzene rings is 2. The maximum atomic E-state index is 13.4. The van der Waals surface area contributed by atoms with Crippen LogP contribution in [0.5, 0.6) is 0 Å². The lowest BCUT2D eigenvalue weighted by Crippen LogP contribution is -2.27. The van der Waals surface area contributed by atoms with Gasteiger partial charge in [-0.1, -0.05) is 12.1 Å². The van der Waals surface area contributed by atoms with Crippen LogP contribution in [-0.2, 0) is 17.9 Å². The molecule has 1 amide bonds. The fourth-order valence-corrected chi connectivity index (χ4v) is 3.43. The average molecular weight is 392 g/mol. The molecule has 0 aliphatic carbocycles. The van der Waals surface area contributed by atoms with Crippen molar-refractivity contribution in [1.82, 2.24) is 19.4 Å². The summed E-state index contributed by atoms with van der Waals surface area (Å²) in [5.74, 6) is -0.352. The van der Waals surface area contributed by atoms with Crippen molar-refractivity contribution in [2.24, 2.45) is 0 Å². The number of nitrogens with zero attached hydrogens (tertiary/aromatic N) is 3. The molecule has 2 aromatic heterocycles. The molecule has 0 aliphatic heterocycles. The maximum Gasteiger partial charge on any atom is 0.261 e. The van der Waals surface area contributed by atoms with Crippen molar-refractivity contribution in [2.75, 3.05) is 6.54 Å². The van der Waals surface area contributed by atoms with E-state index in [1.165, 1.54) is 23.0 Å². The van der Waals surface area contributed by atoms with Crippen molar-refractivity contribution >= 4 is 27.7 Å². The van der Waals surface area contributed by atoms with E-state index in [0.29, 0.717) is 43.4 Å². The van der Waals surface area contributed by atoms with E-state index in [-0.39, 0.29) is 17.3 Å². The summed E-state index contributed by atoms with van der Waals surface area (Å²) >= 11 is 0. The number of para-hydroxylation sites is 1. The topological polar surface area (TPSA) is 68.9 Å². The quantitative estimate of drug-likeness (QED) is 0.526. The van der Waals surface area contributed by atoms with E-state index in [1.54, 1.807) is 18.2 Å². The molecule has 4 aromatic rings. The number of hydrogen-bond acceptors (Lipinski definition) is 3. The van der Waals surface area contributed by atoms with E-state index in [0.717, 1.165) is 10.9 Å². The van der Waals surface area contributed by atoms with E-state index >= 15 is 0 Å². The molecule has 4 rings (SSSR count). The summed E-state index contributed by atoms with van der Waals surface area (Å²) < 4.78 is 16.9. The fourth-order valence-electron chi connectivity index (χ4n) is 3.43. The lowest BCUT2D eigenvalue weighted by atomic mass is 10.2. The number of halogens is 1. The number of fused-ring (bicyclic) bond motifs is 2. The normalized spacial score (nSPS) is 11.2. The highest BCUT2D eigenvalue weighted by molar-refractivity contribution is 5.80. The van der Waals surface area contributed by atoms with E-state index in [4.69, 9.17) is 0 Å². The number of amides is 1. The second-order valence-corrected chi connectivity index (χ2v) is 6.93. The third-order valence-electron chi connectivity index (χ3n) is 4.95. The molecule has 1 N–H and O–H groups in total. The predicted octanol–water partition coefficient (Wildman–Crippen LogP) is 3.09. The Balaban J connectivity index is 1.27. The van der Waals surface area contributed by atoms with Crippen LogP contribution in [0.1, 0.15) is 12.8 Å². The largest absolute Gasteiger partial charge is 0.354 e. The Kier molecular flexibility index (Phi) is 5.37. The number of carbonyl (C=O) groups excluding carboxylic acids is 1. The Morgan fingerprint density at radius 2 is 1.93 bits per heavy atom. The van der Waals surface area contributed by atoms with Crippen molar-refractivity contribution in [3.63, 3.8) is 0 Å². The van der Waals surface area contributed by atoms with Crippen LogP contribution in [0, 0.1) is 5.82 Å². The van der Waals surface area contributed by atoms with Gasteiger partial charge in [-0.25, -0.2) is 9.37 Å². The molecule has 0 spiro atoms. The van der Waals surface area contributed by atoms with Crippen molar-refractivity contribution in [3.05, 3.63) is 77.2 Å². The number of nitrogens with one attached hydrogen (secondary N) is 1. The molecule has 0 aliphatic rings. The summed E-state index contributed by atoms with van der Waals surface area (Å²) in [5.41, 5.74) is 1.38. The standard InChI is InChI=1S/C22H21FN4O2/c23-17-8-7-16-9-12-26(20(16)14-17)13-10-24-21(28)6-3-11-27-15-25-19-5-2-1-4-18(19)22(27)29/h1-2,4-5,7-9,12,14-15H,3,6,10-11,13H2,(H,24,28). The second-order valence-electron chi connectivity index (χ2n) is 6.93. The first-order valence-electron chi connectivity index (χ1n) is 9.57. The van der Waals surface area contributed by atoms with Gasteiger partial charge in [-0.05, 0) is 48.2 Å². The number of carbonyl (C=O) groups is 1. The number of aromatic nitrogens is 3. The molecule has 6 nitrogen and oxygen atoms in total. The van der Waals surface area contributed by atoms with E-state index < -0.39 is 0 Å². The SMILES string of the molecule is O=C(CCCn1cnc2ccccc2c1=O)NCCn1ccc2ccc(F)cc21. The summed E-state index contributed by atoms with van der Waals surface area (Å²) in [6.07, 6.45) is 4.28. The summed E-state index contributed by atoms with van der Waals surface area (Å²) in [4.78, 5) is 28.8. The lowest BCUT2D eigenvalue weighted by Gasteiger charge is -2.09. The molecule has 0 saturated heterocycles. The molecule has 0 unspecified atom stereocenters. The molecule has 0 bridgehead atoms. The van der Waals surface area contributed by atoms with Crippen molar-refractivity contribution < 1.29 is 9.18 Å². The zero-order valence-corrected chi connectivity index (χ0v) is 15.8. The maximum absolute atomic E-state index is 13.4. The zero-order chi connectivity index (χ0) is 20.2. The van der Waals surface area contributed by atoms with Gasteiger partial charge in [-0.3, -0.25) is 14.2 Å². The van der Waals surface area contributed by atoms with Crippen molar-refractivity contribution in [2.45, 2.75) is 25.9 Å². The first-order valence-corrected chi connectivity index (χ1v) is 9.57. The predicted molar refractivity (Wildman–Crippen MR) is 110 cm³/mol. The summed E-state index contributed by atoms with van der Waals surface area (Å²) in [7, 11) is 0. The molecule has 148 valence electrons. The zero-order valence-electron chi connectivity index (χ0n) is 15.8. The van der Waals surface area contributed by atoms with E-state index in [1.807, 2.05) is 29.0 Å². The summed E-state index contributed by atoms with van der Waals surface area (Å²) in [5, 5.41) is 4.42. The van der Waals surface area contributed by atoms with Gasteiger partial charge in [0.05, 0.1) is 22.7 Å². The molecule has 29 heavy (non-hydrogen) atoms. The Hall–Kier alpha value is -3.48. The number of hydrogen-bond donors (Lipinski definition) is 1. The molecule has 0 atom stereocenters. The fraction of sp³-hybridized carbons (Fsp3) is 0.227. The Bertz CT molecular complexity index is 1230. The second kappa shape index (κ2) is 8.26. The Morgan fingerprint density at radius 3 is 2.83 bits per heavy atom. The van der Waals surface area contributed by atoms with Gasteiger partial charge in [0, 0.05) is 32.3 Å². The van der Waals surface area contributed by atoms with Crippen LogP contribution in [0.25, 0.3) is 21.8 Å². The van der Waals surface area contributed by atoms with Gasteiger partial charge in [-0.2, -0.15) is 0 Å². The Labute approximate surface area is 166 Å². The number of rotatable bonds is 7. The van der Waals surface area contributed by atoms with Crippen LogP contribution in [0.2, 0.25) is 0 Å². The lowest BCUT2D eigenvalue weighted by molar-refractivity contribution is -0.121. The first-order chi connectivity index (χ1) is 14.1. The van der Waals surface area contributed by atoms with Gasteiger partial charge >= 0.3 is 0 Å². The highest BCUT2D eigenvalue weighted by atomic mass is 19.1. The van der Waals surface area contributed by atoms with Crippen LogP contribution in [0.15, 0.2) is 65.8 Å². The molecular formula is C22H21FN4O2. The molecule has 0 radical (unpaired) electrons. The first kappa shape index (κ1) is 18.9. The highest BCUT2D eigenvalue weighted by Gasteiger charge is 2.06. The minimum Gasteiger partial charge on any atom is -0.354 e. The third-order valence-corrected chi connectivity index (χ3v) is 4.95. The highest BCUT2D eigenvalue weighted by Crippen LogP contribution is 2.16. The van der Waals surface area contributed by atoms with Crippen molar-refractivity contribution in [1.29, 1.82) is 0 Å². The van der Waals surface area contributed by atoms with E-state index in [9.17, 15) is 14.0 Å². The summed E-state index contributed by atoms with van der Waals surface area (Å²) in [6, 6.07) is 13.8. The molecule has 2 aromatic carbocycles. The smallest absolute Gasteiger partial charge is 0.261 e. The van der Waals surface area contributed by atoms with Gasteiger partial charge in [0.1, 0.15) is 5.82 Å². The van der Waals surface area contributed by atoms with Gasteiger partial charge < -0.3 is 9.88 Å². The molecule has 2 heterocycles. The van der Waals surface area contributed by atoms with E-state index in [2.05, 4.69) is 10.3 Å². The van der Waals surface area contributed by atoms with Crippen LogP contribution < -0.4 is 10.9 Å². The van der Waals surface area contributed by atoms with Crippen LogP contribution in [0.3, 0.4) is 0 Å². The van der Waals surface area contributed by atoms with Crippen LogP contribution >= 0.6 is 0 Å². The van der Waals surface area contributed by atoms with Gasteiger partial charge in [0.2, 0.25) is 5.91 Å². The molecule has 7 heteroatoms.